The minimum atomic E-state index is -0.0247. The summed E-state index contributed by atoms with van der Waals surface area (Å²) >= 11 is 0. The van der Waals surface area contributed by atoms with E-state index in [-0.39, 0.29) is 6.17 Å². The third-order valence-electron chi connectivity index (χ3n) is 3.78. The summed E-state index contributed by atoms with van der Waals surface area (Å²) in [6.07, 6.45) is -0.0247. The number of hydrogen-bond acceptors (Lipinski definition) is 2. The maximum absolute atomic E-state index is 7.43. The molecule has 102 valence electrons. The minimum Gasteiger partial charge on any atom is -0.374 e. The van der Waals surface area contributed by atoms with Crippen molar-refractivity contribution in [3.8, 4) is 0 Å². The van der Waals surface area contributed by atoms with Gasteiger partial charge in [0.05, 0.1) is 7.05 Å². The maximum Gasteiger partial charge on any atom is 0.253 e. The van der Waals surface area contributed by atoms with Crippen LogP contribution in [0.15, 0.2) is 23.8 Å². The summed E-state index contributed by atoms with van der Waals surface area (Å²) in [6.45, 7) is 22.9. The van der Waals surface area contributed by atoms with Crippen molar-refractivity contribution in [2.45, 2.75) is 33.9 Å². The SMILES string of the molecule is [C-]#[N+]C1=C([N+]#[C-])N(c2c(C)cc(C)cc2C)[C@@H](C)N1C. The molecule has 0 aromatic heterocycles. The molecule has 0 radical (unpaired) electrons. The highest BCUT2D eigenvalue weighted by molar-refractivity contribution is 5.67. The molecule has 20 heavy (non-hydrogen) atoms. The molecule has 0 spiro atoms. The third kappa shape index (κ3) is 1.90. The standard InChI is InChI=1S/C16H18N4/c1-10-8-11(2)14(12(3)9-10)20-13(4)19(7)15(17-5)16(20)18-6/h8-9,13H,1-4,7H3/t13-/m0/s1. The van der Waals surface area contributed by atoms with Gasteiger partial charge in [-0.15, -0.1) is 0 Å². The Morgan fingerprint density at radius 3 is 1.95 bits per heavy atom. The highest BCUT2D eigenvalue weighted by Gasteiger charge is 2.40. The molecule has 4 nitrogen and oxygen atoms in total. The van der Waals surface area contributed by atoms with E-state index in [0.717, 1.165) is 16.8 Å². The number of anilines is 1. The molecule has 1 aromatic rings. The van der Waals surface area contributed by atoms with E-state index in [4.69, 9.17) is 13.1 Å². The van der Waals surface area contributed by atoms with Gasteiger partial charge in [-0.05, 0) is 31.9 Å². The van der Waals surface area contributed by atoms with Crippen molar-refractivity contribution in [2.75, 3.05) is 11.9 Å². The van der Waals surface area contributed by atoms with Crippen molar-refractivity contribution in [1.82, 2.24) is 4.90 Å². The van der Waals surface area contributed by atoms with Crippen molar-refractivity contribution < 1.29 is 0 Å². The lowest BCUT2D eigenvalue weighted by molar-refractivity contribution is 0.364. The minimum absolute atomic E-state index is 0.0247. The van der Waals surface area contributed by atoms with Crippen LogP contribution >= 0.6 is 0 Å². The summed E-state index contributed by atoms with van der Waals surface area (Å²) in [6, 6.07) is 4.24. The number of hydrogen-bond donors (Lipinski definition) is 0. The summed E-state index contributed by atoms with van der Waals surface area (Å²) in [5, 5.41) is 0. The molecule has 1 aliphatic rings. The predicted molar refractivity (Wildman–Crippen MR) is 80.6 cm³/mol. The van der Waals surface area contributed by atoms with Gasteiger partial charge < -0.3 is 14.6 Å². The summed E-state index contributed by atoms with van der Waals surface area (Å²) in [7, 11) is 1.86. The Hall–Kier alpha value is -2.46. The van der Waals surface area contributed by atoms with Gasteiger partial charge in [0, 0.05) is 6.92 Å². The first kappa shape index (κ1) is 14.0. The molecular weight excluding hydrogens is 248 g/mol. The van der Waals surface area contributed by atoms with Crippen molar-refractivity contribution in [1.29, 1.82) is 0 Å². The van der Waals surface area contributed by atoms with Gasteiger partial charge in [0.1, 0.15) is 5.69 Å². The quantitative estimate of drug-likeness (QED) is 0.720. The fourth-order valence-corrected chi connectivity index (χ4v) is 2.87. The predicted octanol–water partition coefficient (Wildman–Crippen LogP) is 3.67. The number of nitrogens with zero attached hydrogens (tertiary/aromatic N) is 4. The molecule has 0 fully saturated rings. The van der Waals surface area contributed by atoms with Crippen LogP contribution in [0.3, 0.4) is 0 Å². The van der Waals surface area contributed by atoms with Gasteiger partial charge in [-0.1, -0.05) is 30.8 Å². The lowest BCUT2D eigenvalue weighted by Gasteiger charge is -2.26. The van der Waals surface area contributed by atoms with E-state index < -0.39 is 0 Å². The van der Waals surface area contributed by atoms with Gasteiger partial charge in [-0.25, -0.2) is 0 Å². The van der Waals surface area contributed by atoms with Crippen LogP contribution in [0.25, 0.3) is 9.69 Å². The van der Waals surface area contributed by atoms with E-state index in [0.29, 0.717) is 11.6 Å². The zero-order valence-electron chi connectivity index (χ0n) is 12.5. The molecule has 4 heteroatoms. The average Bonchev–Trinajstić information content (AvgIpc) is 2.61. The molecule has 0 saturated heterocycles. The topological polar surface area (TPSA) is 15.2 Å². The summed E-state index contributed by atoms with van der Waals surface area (Å²) < 4.78 is 0. The number of benzene rings is 1. The Morgan fingerprint density at radius 2 is 1.50 bits per heavy atom. The maximum atomic E-state index is 7.43. The van der Waals surface area contributed by atoms with Gasteiger partial charge in [-0.3, -0.25) is 4.90 Å². The van der Waals surface area contributed by atoms with Crippen LogP contribution in [0.4, 0.5) is 5.69 Å². The highest BCUT2D eigenvalue weighted by Crippen LogP contribution is 2.38. The molecule has 1 aliphatic heterocycles. The van der Waals surface area contributed by atoms with Crippen LogP contribution in [-0.2, 0) is 0 Å². The molecule has 2 rings (SSSR count). The molecule has 1 aromatic carbocycles. The van der Waals surface area contributed by atoms with E-state index in [1.165, 1.54) is 5.56 Å². The second-order valence-corrected chi connectivity index (χ2v) is 5.23. The molecule has 0 amide bonds. The summed E-state index contributed by atoms with van der Waals surface area (Å²) in [5.74, 6) is 0.844. The van der Waals surface area contributed by atoms with Crippen LogP contribution in [0.2, 0.25) is 0 Å². The highest BCUT2D eigenvalue weighted by atomic mass is 15.5. The number of rotatable bonds is 1. The second-order valence-electron chi connectivity index (χ2n) is 5.23. The van der Waals surface area contributed by atoms with Crippen LogP contribution in [0.5, 0.6) is 0 Å². The molecule has 0 unspecified atom stereocenters. The molecular formula is C16H18N4. The molecule has 0 aliphatic carbocycles. The Labute approximate surface area is 120 Å². The van der Waals surface area contributed by atoms with E-state index in [1.54, 1.807) is 0 Å². The van der Waals surface area contributed by atoms with E-state index in [1.807, 2.05) is 23.8 Å². The Kier molecular flexibility index (Phi) is 3.42. The zero-order chi connectivity index (χ0) is 15.0. The first-order valence-electron chi connectivity index (χ1n) is 6.51. The lowest BCUT2D eigenvalue weighted by Crippen LogP contribution is -2.36. The Morgan fingerprint density at radius 1 is 1.00 bits per heavy atom. The zero-order valence-corrected chi connectivity index (χ0v) is 12.5. The fraction of sp³-hybridized carbons (Fsp3) is 0.375. The molecule has 0 bridgehead atoms. The summed E-state index contributed by atoms with van der Waals surface area (Å²) in [5.41, 5.74) is 4.52. The Bertz CT molecular complexity index is 650. The van der Waals surface area contributed by atoms with Crippen LogP contribution in [0, 0.1) is 33.9 Å². The smallest absolute Gasteiger partial charge is 0.253 e. The van der Waals surface area contributed by atoms with E-state index in [2.05, 4.69) is 42.6 Å². The number of aryl methyl sites for hydroxylation is 3. The average molecular weight is 266 g/mol. The molecule has 1 heterocycles. The first-order valence-corrected chi connectivity index (χ1v) is 6.51. The molecule has 0 saturated carbocycles. The van der Waals surface area contributed by atoms with Crippen LogP contribution < -0.4 is 4.90 Å². The van der Waals surface area contributed by atoms with E-state index >= 15 is 0 Å². The summed E-state index contributed by atoms with van der Waals surface area (Å²) in [4.78, 5) is 11.0. The Balaban J connectivity index is 2.68. The normalized spacial score (nSPS) is 18.2. The van der Waals surface area contributed by atoms with Crippen molar-refractivity contribution in [3.63, 3.8) is 0 Å². The fourth-order valence-electron chi connectivity index (χ4n) is 2.87. The lowest BCUT2D eigenvalue weighted by atomic mass is 10.0. The van der Waals surface area contributed by atoms with Gasteiger partial charge in [0.25, 0.3) is 5.82 Å². The second kappa shape index (κ2) is 4.90. The van der Waals surface area contributed by atoms with E-state index in [9.17, 15) is 0 Å². The van der Waals surface area contributed by atoms with Crippen molar-refractivity contribution >= 4 is 5.69 Å². The van der Waals surface area contributed by atoms with Gasteiger partial charge in [0.2, 0.25) is 12.0 Å². The monoisotopic (exact) mass is 266 g/mol. The van der Waals surface area contributed by atoms with Crippen LogP contribution in [0.1, 0.15) is 23.6 Å². The van der Waals surface area contributed by atoms with Crippen molar-refractivity contribution in [3.05, 3.63) is 63.3 Å². The van der Waals surface area contributed by atoms with Gasteiger partial charge >= 0.3 is 0 Å². The van der Waals surface area contributed by atoms with Crippen molar-refractivity contribution in [2.24, 2.45) is 0 Å². The molecule has 0 N–H and O–H groups in total. The van der Waals surface area contributed by atoms with Crippen LogP contribution in [-0.4, -0.2) is 18.1 Å². The van der Waals surface area contributed by atoms with Gasteiger partial charge in [0.15, 0.2) is 0 Å². The molecule has 1 atom stereocenters. The first-order chi connectivity index (χ1) is 9.42. The third-order valence-corrected chi connectivity index (χ3v) is 3.78. The van der Waals surface area contributed by atoms with Gasteiger partial charge in [-0.2, -0.15) is 0 Å². The largest absolute Gasteiger partial charge is 0.374 e.